The van der Waals surface area contributed by atoms with E-state index >= 15 is 0 Å². The summed E-state index contributed by atoms with van der Waals surface area (Å²) >= 11 is 0. The van der Waals surface area contributed by atoms with Crippen molar-refractivity contribution in [1.82, 2.24) is 20.1 Å². The molecule has 4 rings (SSSR count). The van der Waals surface area contributed by atoms with Gasteiger partial charge < -0.3 is 10.6 Å². The van der Waals surface area contributed by atoms with Crippen molar-refractivity contribution < 1.29 is 14.0 Å². The third-order valence-corrected chi connectivity index (χ3v) is 4.98. The number of para-hydroxylation sites is 1. The lowest BCUT2D eigenvalue weighted by Gasteiger charge is -2.12. The van der Waals surface area contributed by atoms with Gasteiger partial charge in [-0.25, -0.2) is 9.07 Å². The number of rotatable bonds is 6. The van der Waals surface area contributed by atoms with Gasteiger partial charge in [-0.3, -0.25) is 19.4 Å². The van der Waals surface area contributed by atoms with E-state index in [-0.39, 0.29) is 23.8 Å². The molecule has 0 aliphatic carbocycles. The van der Waals surface area contributed by atoms with Crippen LogP contribution in [-0.4, -0.2) is 26.6 Å². The van der Waals surface area contributed by atoms with Gasteiger partial charge in [0.05, 0.1) is 0 Å². The second kappa shape index (κ2) is 9.86. The van der Waals surface area contributed by atoms with Gasteiger partial charge in [-0.05, 0) is 48.9 Å². The Morgan fingerprint density at radius 1 is 0.971 bits per heavy atom. The lowest BCUT2D eigenvalue weighted by Crippen LogP contribution is -2.31. The zero-order valence-electron chi connectivity index (χ0n) is 18.2. The summed E-state index contributed by atoms with van der Waals surface area (Å²) < 4.78 is 15.4. The van der Waals surface area contributed by atoms with Gasteiger partial charge in [-0.2, -0.15) is 5.10 Å². The van der Waals surface area contributed by atoms with E-state index in [0.717, 1.165) is 0 Å². The molecular weight excluding hydrogens is 437 g/mol. The van der Waals surface area contributed by atoms with Crippen LogP contribution in [0.15, 0.2) is 83.9 Å². The predicted molar refractivity (Wildman–Crippen MR) is 124 cm³/mol. The van der Waals surface area contributed by atoms with Crippen LogP contribution < -0.4 is 16.1 Å². The molecule has 2 aromatic carbocycles. The molecule has 2 aromatic heterocycles. The van der Waals surface area contributed by atoms with E-state index in [4.69, 9.17) is 0 Å². The number of amides is 2. The molecule has 0 atom stereocenters. The van der Waals surface area contributed by atoms with Gasteiger partial charge >= 0.3 is 0 Å². The number of nitrogens with one attached hydrogen (secondary N) is 2. The van der Waals surface area contributed by atoms with Crippen LogP contribution in [0.25, 0.3) is 5.69 Å². The summed E-state index contributed by atoms with van der Waals surface area (Å²) in [6.07, 6.45) is 3.06. The van der Waals surface area contributed by atoms with Crippen molar-refractivity contribution in [3.8, 4) is 5.69 Å². The van der Waals surface area contributed by atoms with E-state index in [0.29, 0.717) is 22.5 Å². The predicted octanol–water partition coefficient (Wildman–Crippen LogP) is 3.26. The van der Waals surface area contributed by atoms with Crippen LogP contribution in [0.3, 0.4) is 0 Å². The van der Waals surface area contributed by atoms with Crippen LogP contribution in [-0.2, 0) is 6.54 Å². The van der Waals surface area contributed by atoms with Crippen LogP contribution in [0.1, 0.15) is 32.1 Å². The smallest absolute Gasteiger partial charge is 0.276 e. The van der Waals surface area contributed by atoms with Crippen molar-refractivity contribution in [1.29, 1.82) is 0 Å². The fourth-order valence-electron chi connectivity index (χ4n) is 3.30. The molecule has 2 amide bonds. The number of aryl methyl sites for hydroxylation is 1. The summed E-state index contributed by atoms with van der Waals surface area (Å²) in [5.41, 5.74) is 1.31. The highest BCUT2D eigenvalue weighted by Crippen LogP contribution is 2.14. The van der Waals surface area contributed by atoms with Crippen molar-refractivity contribution in [2.45, 2.75) is 13.5 Å². The van der Waals surface area contributed by atoms with Gasteiger partial charge in [0.2, 0.25) is 5.43 Å². The van der Waals surface area contributed by atoms with Crippen LogP contribution in [0, 0.1) is 12.7 Å². The Morgan fingerprint density at radius 3 is 2.50 bits per heavy atom. The second-order valence-electron chi connectivity index (χ2n) is 7.43. The number of halogens is 1. The van der Waals surface area contributed by atoms with Gasteiger partial charge in [0.25, 0.3) is 11.8 Å². The number of pyridine rings is 1. The van der Waals surface area contributed by atoms with Gasteiger partial charge in [0.15, 0.2) is 5.69 Å². The third kappa shape index (κ3) is 5.04. The van der Waals surface area contributed by atoms with E-state index in [1.807, 2.05) is 0 Å². The third-order valence-electron chi connectivity index (χ3n) is 4.98. The summed E-state index contributed by atoms with van der Waals surface area (Å²) in [5, 5.41) is 9.53. The molecule has 34 heavy (non-hydrogen) atoms. The molecule has 0 saturated carbocycles. The molecule has 0 unspecified atom stereocenters. The standard InChI is InChI=1S/C25H20FN5O3/c1-16-13-22(32)23(30-31(16)21-8-3-2-7-20(21)26)25(34)28-15-17-5-4-6-19(14-17)29-24(33)18-9-11-27-12-10-18/h2-14H,15H2,1H3,(H,28,34)(H,29,33). The Morgan fingerprint density at radius 2 is 1.74 bits per heavy atom. The molecule has 2 heterocycles. The van der Waals surface area contributed by atoms with E-state index in [1.165, 1.54) is 41.3 Å². The minimum atomic E-state index is -0.693. The van der Waals surface area contributed by atoms with E-state index in [2.05, 4.69) is 20.7 Å². The van der Waals surface area contributed by atoms with Crippen molar-refractivity contribution >= 4 is 17.5 Å². The average molecular weight is 457 g/mol. The quantitative estimate of drug-likeness (QED) is 0.462. The zero-order valence-corrected chi connectivity index (χ0v) is 18.2. The number of anilines is 1. The summed E-state index contributed by atoms with van der Waals surface area (Å²) in [7, 11) is 0. The Bertz CT molecular complexity index is 1420. The first-order valence-corrected chi connectivity index (χ1v) is 10.4. The van der Waals surface area contributed by atoms with Gasteiger partial charge in [-0.15, -0.1) is 0 Å². The minimum Gasteiger partial charge on any atom is -0.346 e. The maximum atomic E-state index is 14.2. The zero-order chi connectivity index (χ0) is 24.1. The number of nitrogens with zero attached hydrogens (tertiary/aromatic N) is 3. The molecule has 0 saturated heterocycles. The Hall–Kier alpha value is -4.66. The van der Waals surface area contributed by atoms with E-state index in [1.54, 1.807) is 49.4 Å². The largest absolute Gasteiger partial charge is 0.346 e. The van der Waals surface area contributed by atoms with Crippen LogP contribution >= 0.6 is 0 Å². The van der Waals surface area contributed by atoms with Crippen molar-refractivity contribution in [3.63, 3.8) is 0 Å². The number of benzene rings is 2. The molecule has 9 heteroatoms. The van der Waals surface area contributed by atoms with Gasteiger partial charge in [0.1, 0.15) is 11.5 Å². The number of carbonyl (C=O) groups is 2. The first-order valence-electron chi connectivity index (χ1n) is 10.4. The second-order valence-corrected chi connectivity index (χ2v) is 7.43. The van der Waals surface area contributed by atoms with Crippen LogP contribution in [0.2, 0.25) is 0 Å². The van der Waals surface area contributed by atoms with E-state index < -0.39 is 17.2 Å². The number of hydrogen-bond donors (Lipinski definition) is 2. The van der Waals surface area contributed by atoms with Crippen LogP contribution in [0.4, 0.5) is 10.1 Å². The summed E-state index contributed by atoms with van der Waals surface area (Å²) in [5.74, 6) is -1.51. The first kappa shape index (κ1) is 22.5. The summed E-state index contributed by atoms with van der Waals surface area (Å²) in [4.78, 5) is 41.3. The molecule has 0 bridgehead atoms. The lowest BCUT2D eigenvalue weighted by molar-refractivity contribution is 0.0942. The molecule has 0 fully saturated rings. The Kier molecular flexibility index (Phi) is 6.54. The summed E-state index contributed by atoms with van der Waals surface area (Å²) in [6, 6.07) is 17.3. The Labute approximate surface area is 194 Å². The first-order chi connectivity index (χ1) is 16.4. The maximum absolute atomic E-state index is 14.2. The highest BCUT2D eigenvalue weighted by atomic mass is 19.1. The normalized spacial score (nSPS) is 10.5. The van der Waals surface area contributed by atoms with Gasteiger partial charge in [-0.1, -0.05) is 24.3 Å². The van der Waals surface area contributed by atoms with Crippen LogP contribution in [0.5, 0.6) is 0 Å². The highest BCUT2D eigenvalue weighted by molar-refractivity contribution is 6.04. The molecular formula is C25H20FN5O3. The Balaban J connectivity index is 1.49. The molecule has 2 N–H and O–H groups in total. The number of aromatic nitrogens is 3. The molecule has 0 aliphatic rings. The number of carbonyl (C=O) groups excluding carboxylic acids is 2. The molecule has 0 spiro atoms. The maximum Gasteiger partial charge on any atom is 0.276 e. The minimum absolute atomic E-state index is 0.0898. The van der Waals surface area contributed by atoms with Crippen molar-refractivity contribution in [2.75, 3.05) is 5.32 Å². The summed E-state index contributed by atoms with van der Waals surface area (Å²) in [6.45, 7) is 1.70. The number of hydrogen-bond acceptors (Lipinski definition) is 5. The van der Waals surface area contributed by atoms with Gasteiger partial charge in [0, 0.05) is 41.9 Å². The molecule has 8 nitrogen and oxygen atoms in total. The molecule has 4 aromatic rings. The van der Waals surface area contributed by atoms with Crippen molar-refractivity contribution in [2.24, 2.45) is 0 Å². The monoisotopic (exact) mass is 457 g/mol. The molecule has 0 aliphatic heterocycles. The lowest BCUT2D eigenvalue weighted by atomic mass is 10.2. The fraction of sp³-hybridized carbons (Fsp3) is 0.0800. The highest BCUT2D eigenvalue weighted by Gasteiger charge is 2.16. The van der Waals surface area contributed by atoms with Crippen molar-refractivity contribution in [3.05, 3.63) is 118 Å². The topological polar surface area (TPSA) is 106 Å². The fourth-order valence-corrected chi connectivity index (χ4v) is 3.30. The molecule has 170 valence electrons. The average Bonchev–Trinajstić information content (AvgIpc) is 2.84. The SMILES string of the molecule is Cc1cc(=O)c(C(=O)NCc2cccc(NC(=O)c3ccncc3)c2)nn1-c1ccccc1F. The van der Waals surface area contributed by atoms with E-state index in [9.17, 15) is 18.8 Å². The molecule has 0 radical (unpaired) electrons.